The fraction of sp³-hybridized carbons (Fsp3) is 0.421. The molecule has 3 rings (SSSR count). The van der Waals surface area contributed by atoms with Gasteiger partial charge in [-0.2, -0.15) is 0 Å². The first-order valence-corrected chi connectivity index (χ1v) is 8.24. The Bertz CT molecular complexity index is 662. The molecular formula is C19H24N2O2. The lowest BCUT2D eigenvalue weighted by atomic mass is 10.1. The monoisotopic (exact) mass is 312 g/mol. The largest absolute Gasteiger partial charge is 0.376 e. The molecule has 23 heavy (non-hydrogen) atoms. The predicted molar refractivity (Wildman–Crippen MR) is 91.1 cm³/mol. The number of hydrogen-bond donors (Lipinski definition) is 1. The van der Waals surface area contributed by atoms with Gasteiger partial charge >= 0.3 is 0 Å². The van der Waals surface area contributed by atoms with Crippen molar-refractivity contribution in [2.75, 3.05) is 6.61 Å². The zero-order valence-electron chi connectivity index (χ0n) is 14.0. The van der Waals surface area contributed by atoms with Crippen molar-refractivity contribution < 1.29 is 9.53 Å². The molecule has 1 aliphatic rings. The van der Waals surface area contributed by atoms with Gasteiger partial charge in [-0.3, -0.25) is 4.79 Å². The van der Waals surface area contributed by atoms with Gasteiger partial charge in [-0.15, -0.1) is 0 Å². The van der Waals surface area contributed by atoms with Crippen LogP contribution in [0.4, 0.5) is 0 Å². The molecule has 1 aromatic heterocycles. The lowest BCUT2D eigenvalue weighted by Crippen LogP contribution is -2.40. The number of amides is 1. The number of nitrogens with zero attached hydrogens (tertiary/aromatic N) is 1. The molecule has 0 spiro atoms. The van der Waals surface area contributed by atoms with Crippen LogP contribution in [0.2, 0.25) is 0 Å². The van der Waals surface area contributed by atoms with Crippen molar-refractivity contribution in [3.05, 3.63) is 53.3 Å². The van der Waals surface area contributed by atoms with Crippen molar-refractivity contribution in [1.29, 1.82) is 0 Å². The highest BCUT2D eigenvalue weighted by atomic mass is 16.5. The summed E-state index contributed by atoms with van der Waals surface area (Å²) < 4.78 is 7.81. The van der Waals surface area contributed by atoms with Crippen LogP contribution < -0.4 is 5.32 Å². The van der Waals surface area contributed by atoms with Gasteiger partial charge in [-0.1, -0.05) is 0 Å². The minimum Gasteiger partial charge on any atom is -0.376 e. The van der Waals surface area contributed by atoms with Gasteiger partial charge < -0.3 is 14.6 Å². The molecule has 4 nitrogen and oxygen atoms in total. The number of rotatable bonds is 4. The predicted octanol–water partition coefficient (Wildman–Crippen LogP) is 3.39. The number of ether oxygens (including phenoxy) is 1. The van der Waals surface area contributed by atoms with E-state index in [1.807, 2.05) is 31.2 Å². The first-order chi connectivity index (χ1) is 11.1. The molecule has 1 amide bonds. The Morgan fingerprint density at radius 1 is 1.17 bits per heavy atom. The van der Waals surface area contributed by atoms with Gasteiger partial charge in [0.1, 0.15) is 0 Å². The van der Waals surface area contributed by atoms with Crippen LogP contribution in [-0.2, 0) is 4.74 Å². The van der Waals surface area contributed by atoms with Crippen LogP contribution in [0.25, 0.3) is 5.69 Å². The topological polar surface area (TPSA) is 43.3 Å². The third-order valence-corrected chi connectivity index (χ3v) is 4.54. The van der Waals surface area contributed by atoms with Crippen molar-refractivity contribution in [3.63, 3.8) is 0 Å². The maximum Gasteiger partial charge on any atom is 0.251 e. The molecular weight excluding hydrogens is 288 g/mol. The second kappa shape index (κ2) is 6.59. The molecule has 2 atom stereocenters. The Morgan fingerprint density at radius 2 is 1.83 bits per heavy atom. The fourth-order valence-corrected chi connectivity index (χ4v) is 3.22. The Hall–Kier alpha value is -2.07. The summed E-state index contributed by atoms with van der Waals surface area (Å²) in [4.78, 5) is 12.4. The van der Waals surface area contributed by atoms with Crippen LogP contribution in [0.15, 0.2) is 36.4 Å². The zero-order valence-corrected chi connectivity index (χ0v) is 14.0. The van der Waals surface area contributed by atoms with Gasteiger partial charge in [-0.05, 0) is 70.0 Å². The lowest BCUT2D eigenvalue weighted by Gasteiger charge is -2.20. The van der Waals surface area contributed by atoms with Gasteiger partial charge in [0.2, 0.25) is 0 Å². The van der Waals surface area contributed by atoms with Crippen molar-refractivity contribution in [2.45, 2.75) is 45.8 Å². The number of nitrogens with one attached hydrogen (secondary N) is 1. The third kappa shape index (κ3) is 3.32. The molecule has 122 valence electrons. The maximum atomic E-state index is 12.4. The SMILES string of the molecule is Cc1ccc(C)n1-c1ccc(C(=O)NC(C)C2CCCO2)cc1. The van der Waals surface area contributed by atoms with E-state index < -0.39 is 0 Å². The fourth-order valence-electron chi connectivity index (χ4n) is 3.22. The van der Waals surface area contributed by atoms with E-state index in [4.69, 9.17) is 4.74 Å². The van der Waals surface area contributed by atoms with Crippen LogP contribution >= 0.6 is 0 Å². The van der Waals surface area contributed by atoms with Crippen LogP contribution in [0, 0.1) is 13.8 Å². The summed E-state index contributed by atoms with van der Waals surface area (Å²) >= 11 is 0. The summed E-state index contributed by atoms with van der Waals surface area (Å²) in [5.41, 5.74) is 4.13. The van der Waals surface area contributed by atoms with Gasteiger partial charge in [0.05, 0.1) is 12.1 Å². The molecule has 2 unspecified atom stereocenters. The van der Waals surface area contributed by atoms with Crippen LogP contribution in [-0.4, -0.2) is 29.2 Å². The van der Waals surface area contributed by atoms with Crippen LogP contribution in [0.1, 0.15) is 41.5 Å². The summed E-state index contributed by atoms with van der Waals surface area (Å²) in [5.74, 6) is -0.0412. The van der Waals surface area contributed by atoms with Crippen LogP contribution in [0.5, 0.6) is 0 Å². The smallest absolute Gasteiger partial charge is 0.251 e. The van der Waals surface area contributed by atoms with E-state index in [1.165, 1.54) is 11.4 Å². The molecule has 1 saturated heterocycles. The summed E-state index contributed by atoms with van der Waals surface area (Å²) in [5, 5.41) is 3.04. The Balaban J connectivity index is 1.70. The van der Waals surface area contributed by atoms with Crippen molar-refractivity contribution in [1.82, 2.24) is 9.88 Å². The highest BCUT2D eigenvalue weighted by Crippen LogP contribution is 2.18. The lowest BCUT2D eigenvalue weighted by molar-refractivity contribution is 0.0712. The summed E-state index contributed by atoms with van der Waals surface area (Å²) in [6.07, 6.45) is 2.24. The first kappa shape index (κ1) is 15.8. The molecule has 2 aromatic rings. The molecule has 1 fully saturated rings. The highest BCUT2D eigenvalue weighted by molar-refractivity contribution is 5.94. The third-order valence-electron chi connectivity index (χ3n) is 4.54. The van der Waals surface area contributed by atoms with E-state index >= 15 is 0 Å². The number of hydrogen-bond acceptors (Lipinski definition) is 2. The molecule has 2 heterocycles. The Labute approximate surface area is 137 Å². The second-order valence-corrected chi connectivity index (χ2v) is 6.31. The summed E-state index contributed by atoms with van der Waals surface area (Å²) in [6, 6.07) is 12.0. The van der Waals surface area contributed by atoms with E-state index in [0.717, 1.165) is 25.1 Å². The minimum absolute atomic E-state index is 0.0404. The summed E-state index contributed by atoms with van der Waals surface area (Å²) in [6.45, 7) is 6.97. The van der Waals surface area contributed by atoms with Gasteiger partial charge in [0.15, 0.2) is 0 Å². The summed E-state index contributed by atoms with van der Waals surface area (Å²) in [7, 11) is 0. The van der Waals surface area contributed by atoms with E-state index in [-0.39, 0.29) is 18.1 Å². The van der Waals surface area contributed by atoms with Crippen LogP contribution in [0.3, 0.4) is 0 Å². The number of carbonyl (C=O) groups excluding carboxylic acids is 1. The van der Waals surface area contributed by atoms with Crippen molar-refractivity contribution in [2.24, 2.45) is 0 Å². The number of aromatic nitrogens is 1. The van der Waals surface area contributed by atoms with Gasteiger partial charge in [0.25, 0.3) is 5.91 Å². The van der Waals surface area contributed by atoms with Gasteiger partial charge in [0, 0.05) is 29.2 Å². The average molecular weight is 312 g/mol. The minimum atomic E-state index is -0.0412. The first-order valence-electron chi connectivity index (χ1n) is 8.24. The van der Waals surface area contributed by atoms with Crippen molar-refractivity contribution >= 4 is 5.91 Å². The Kier molecular flexibility index (Phi) is 4.53. The molecule has 0 saturated carbocycles. The number of aryl methyl sites for hydroxylation is 2. The zero-order chi connectivity index (χ0) is 16.4. The second-order valence-electron chi connectivity index (χ2n) is 6.31. The maximum absolute atomic E-state index is 12.4. The average Bonchev–Trinajstić information content (AvgIpc) is 3.18. The number of benzene rings is 1. The molecule has 1 N–H and O–H groups in total. The molecule has 0 bridgehead atoms. The Morgan fingerprint density at radius 3 is 2.39 bits per heavy atom. The molecule has 0 radical (unpaired) electrons. The quantitative estimate of drug-likeness (QED) is 0.940. The molecule has 0 aliphatic carbocycles. The standard InChI is InChI=1S/C19H24N2O2/c1-13-6-7-14(2)21(13)17-10-8-16(9-11-17)19(22)20-15(3)18-5-4-12-23-18/h6-11,15,18H,4-5,12H2,1-3H3,(H,20,22). The highest BCUT2D eigenvalue weighted by Gasteiger charge is 2.23. The van der Waals surface area contributed by atoms with E-state index in [9.17, 15) is 4.79 Å². The molecule has 4 heteroatoms. The van der Waals surface area contributed by atoms with Gasteiger partial charge in [-0.25, -0.2) is 0 Å². The van der Waals surface area contributed by atoms with Crippen molar-refractivity contribution in [3.8, 4) is 5.69 Å². The van der Waals surface area contributed by atoms with E-state index in [1.54, 1.807) is 0 Å². The normalized spacial score (nSPS) is 18.8. The number of carbonyl (C=O) groups is 1. The van der Waals surface area contributed by atoms with E-state index in [2.05, 4.69) is 35.9 Å². The molecule has 1 aliphatic heterocycles. The molecule has 1 aromatic carbocycles. The van der Waals surface area contributed by atoms with E-state index in [0.29, 0.717) is 5.56 Å².